The van der Waals surface area contributed by atoms with Crippen LogP contribution in [-0.2, 0) is 4.74 Å². The quantitative estimate of drug-likeness (QED) is 0.252. The normalized spacial score (nSPS) is 23.6. The van der Waals surface area contributed by atoms with Crippen molar-refractivity contribution in [1.29, 1.82) is 0 Å². The van der Waals surface area contributed by atoms with E-state index in [1.54, 1.807) is 5.57 Å². The standard InChI is InChI=1S/C12H18NO2Si.3C4H9.Sn/c1-8-10(9(2)16(3,4)5)6-13-11(8)7-15-12(13)14;3*1-3-4-2;/h1,10-11H,2,6-7H2,3-5H3;3*1,3-4H2,2H3;/t10-,11+;;;;/m0..../s1. The Morgan fingerprint density at radius 3 is 2.07 bits per heavy atom. The number of fused-ring (bicyclic) bond motifs is 1. The van der Waals surface area contributed by atoms with Crippen LogP contribution in [0.3, 0.4) is 0 Å². The molecule has 0 radical (unpaired) electrons. The van der Waals surface area contributed by atoms with Crippen molar-refractivity contribution in [3.63, 3.8) is 0 Å². The van der Waals surface area contributed by atoms with Crippen molar-refractivity contribution in [2.75, 3.05) is 13.2 Å². The molecule has 1 amide bonds. The van der Waals surface area contributed by atoms with Crippen LogP contribution < -0.4 is 0 Å². The average molecular weight is 526 g/mol. The van der Waals surface area contributed by atoms with E-state index in [4.69, 9.17) is 4.74 Å². The van der Waals surface area contributed by atoms with E-state index >= 15 is 0 Å². The fourth-order valence-corrected chi connectivity index (χ4v) is 21.9. The van der Waals surface area contributed by atoms with Crippen molar-refractivity contribution in [3.8, 4) is 0 Å². The molecule has 0 aliphatic carbocycles. The zero-order valence-corrected chi connectivity index (χ0v) is 23.8. The first-order valence-electron chi connectivity index (χ1n) is 12.0. The van der Waals surface area contributed by atoms with Crippen molar-refractivity contribution in [3.05, 3.63) is 21.4 Å². The molecular formula is C24H45NO2SiSn. The summed E-state index contributed by atoms with van der Waals surface area (Å²) in [5, 5.41) is 1.42. The Morgan fingerprint density at radius 2 is 1.62 bits per heavy atom. The molecule has 0 aromatic carbocycles. The number of nitrogens with zero attached hydrogens (tertiary/aromatic N) is 1. The molecule has 3 nitrogen and oxygen atoms in total. The first-order chi connectivity index (χ1) is 13.7. The van der Waals surface area contributed by atoms with Crippen LogP contribution >= 0.6 is 0 Å². The Bertz CT molecular complexity index is 589. The van der Waals surface area contributed by atoms with Gasteiger partial charge in [0.05, 0.1) is 0 Å². The van der Waals surface area contributed by atoms with Crippen LogP contribution in [0.2, 0.25) is 33.0 Å². The van der Waals surface area contributed by atoms with E-state index in [1.165, 1.54) is 57.0 Å². The maximum atomic E-state index is 12.4. The first-order valence-corrected chi connectivity index (χ1v) is 23.2. The first kappa shape index (κ1) is 25.0. The predicted molar refractivity (Wildman–Crippen MR) is 131 cm³/mol. The third kappa shape index (κ3) is 6.15. The fraction of sp³-hybridized carbons (Fsp3) is 0.792. The minimum atomic E-state index is -2.45. The van der Waals surface area contributed by atoms with Crippen molar-refractivity contribution in [2.45, 2.75) is 98.3 Å². The summed E-state index contributed by atoms with van der Waals surface area (Å²) in [5.74, 6) is 0.375. The molecule has 0 N–H and O–H groups in total. The van der Waals surface area contributed by atoms with Crippen molar-refractivity contribution in [2.24, 2.45) is 5.92 Å². The van der Waals surface area contributed by atoms with Crippen LogP contribution in [0.15, 0.2) is 21.4 Å². The number of cyclic esters (lactones) is 1. The molecule has 0 aromatic rings. The molecule has 166 valence electrons. The second-order valence-electron chi connectivity index (χ2n) is 10.4. The number of carbonyl (C=O) groups excluding carboxylic acids is 1. The second kappa shape index (κ2) is 10.9. The third-order valence-electron chi connectivity index (χ3n) is 7.08. The van der Waals surface area contributed by atoms with E-state index in [9.17, 15) is 4.79 Å². The molecule has 2 rings (SSSR count). The van der Waals surface area contributed by atoms with E-state index in [0.717, 1.165) is 6.54 Å². The monoisotopic (exact) mass is 527 g/mol. The SMILES string of the molecule is C=C([C@H]1CN2C(=O)OC[C@@H]2/C1=[CH]/[Sn]([CH2]CCC)([CH2]CCC)[CH2]CCC)[Si](C)(C)C. The van der Waals surface area contributed by atoms with Crippen molar-refractivity contribution >= 4 is 32.5 Å². The topological polar surface area (TPSA) is 29.5 Å². The summed E-state index contributed by atoms with van der Waals surface area (Å²) >= 11 is -2.45. The summed E-state index contributed by atoms with van der Waals surface area (Å²) in [7, 11) is -1.48. The maximum absolute atomic E-state index is 12.4. The Labute approximate surface area is 185 Å². The summed E-state index contributed by atoms with van der Waals surface area (Å²) in [6.45, 7) is 20.1. The van der Waals surface area contributed by atoms with Crippen molar-refractivity contribution in [1.82, 2.24) is 4.90 Å². The number of rotatable bonds is 12. The summed E-state index contributed by atoms with van der Waals surface area (Å²) in [6, 6.07) is 0.182. The summed E-state index contributed by atoms with van der Waals surface area (Å²) in [4.78, 5) is 14.4. The van der Waals surface area contributed by atoms with Crippen LogP contribution in [0, 0.1) is 5.92 Å². The molecule has 2 fully saturated rings. The number of unbranched alkanes of at least 4 members (excludes halogenated alkanes) is 3. The molecule has 2 saturated heterocycles. The number of amides is 1. The molecule has 29 heavy (non-hydrogen) atoms. The van der Waals surface area contributed by atoms with Gasteiger partial charge in [0.2, 0.25) is 0 Å². The van der Waals surface area contributed by atoms with Crippen LogP contribution in [0.25, 0.3) is 0 Å². The Kier molecular flexibility index (Phi) is 9.39. The molecule has 0 bridgehead atoms. The number of hydrogen-bond donors (Lipinski definition) is 0. The van der Waals surface area contributed by atoms with Gasteiger partial charge in [-0.1, -0.05) is 0 Å². The number of hydrogen-bond acceptors (Lipinski definition) is 2. The van der Waals surface area contributed by atoms with Gasteiger partial charge in [-0.05, 0) is 0 Å². The van der Waals surface area contributed by atoms with Gasteiger partial charge in [-0.2, -0.15) is 0 Å². The van der Waals surface area contributed by atoms with Gasteiger partial charge in [-0.3, -0.25) is 0 Å². The van der Waals surface area contributed by atoms with Crippen LogP contribution in [0.5, 0.6) is 0 Å². The Hall–Kier alpha value is -0.234. The van der Waals surface area contributed by atoms with Gasteiger partial charge < -0.3 is 0 Å². The summed E-state index contributed by atoms with van der Waals surface area (Å²) in [5.41, 5.74) is 1.54. The van der Waals surface area contributed by atoms with Gasteiger partial charge in [0.15, 0.2) is 0 Å². The molecule has 2 aliphatic heterocycles. The zero-order chi connectivity index (χ0) is 21.7. The molecule has 2 heterocycles. The van der Waals surface area contributed by atoms with Crippen LogP contribution in [-0.4, -0.2) is 56.6 Å². The van der Waals surface area contributed by atoms with Gasteiger partial charge in [0.1, 0.15) is 0 Å². The number of ether oxygens (including phenoxy) is 1. The molecule has 0 aromatic heterocycles. The van der Waals surface area contributed by atoms with Gasteiger partial charge in [-0.15, -0.1) is 0 Å². The average Bonchev–Trinajstić information content (AvgIpc) is 3.21. The second-order valence-corrected chi connectivity index (χ2v) is 28.4. The molecule has 0 saturated carbocycles. The van der Waals surface area contributed by atoms with E-state index in [2.05, 4.69) is 51.1 Å². The van der Waals surface area contributed by atoms with Gasteiger partial charge in [0, 0.05) is 0 Å². The van der Waals surface area contributed by atoms with Crippen molar-refractivity contribution < 1.29 is 9.53 Å². The fourth-order valence-electron chi connectivity index (χ4n) is 5.03. The van der Waals surface area contributed by atoms with E-state index in [-0.39, 0.29) is 12.1 Å². The summed E-state index contributed by atoms with van der Waals surface area (Å²) < 4.78 is 12.8. The molecule has 0 unspecified atom stereocenters. The molecular weight excluding hydrogens is 481 g/mol. The minimum absolute atomic E-state index is 0.108. The summed E-state index contributed by atoms with van der Waals surface area (Å²) in [6.07, 6.45) is 7.89. The van der Waals surface area contributed by atoms with Gasteiger partial charge >= 0.3 is 186 Å². The van der Waals surface area contributed by atoms with Crippen LogP contribution in [0.1, 0.15) is 59.3 Å². The molecule has 2 atom stereocenters. The molecule has 5 heteroatoms. The predicted octanol–water partition coefficient (Wildman–Crippen LogP) is 7.19. The Morgan fingerprint density at radius 1 is 1.10 bits per heavy atom. The molecule has 2 aliphatic rings. The third-order valence-corrected chi connectivity index (χ3v) is 23.6. The van der Waals surface area contributed by atoms with Gasteiger partial charge in [0.25, 0.3) is 0 Å². The zero-order valence-electron chi connectivity index (χ0n) is 20.0. The Balaban J connectivity index is 2.48. The van der Waals surface area contributed by atoms with E-state index in [1.807, 2.05) is 4.90 Å². The van der Waals surface area contributed by atoms with Crippen LogP contribution in [0.4, 0.5) is 4.79 Å². The number of carbonyl (C=O) groups is 1. The van der Waals surface area contributed by atoms with E-state index in [0.29, 0.717) is 12.5 Å². The molecule has 0 spiro atoms. The van der Waals surface area contributed by atoms with E-state index < -0.39 is 26.5 Å². The van der Waals surface area contributed by atoms with Gasteiger partial charge in [-0.25, -0.2) is 0 Å².